The highest BCUT2D eigenvalue weighted by Gasteiger charge is 2.06. The molecule has 19 heavy (non-hydrogen) atoms. The third kappa shape index (κ3) is 3.95. The number of anilines is 1. The van der Waals surface area contributed by atoms with Crippen molar-refractivity contribution in [3.05, 3.63) is 47.8 Å². The topological polar surface area (TPSA) is 47.0 Å². The van der Waals surface area contributed by atoms with Gasteiger partial charge in [-0.25, -0.2) is 9.97 Å². The Kier molecular flexibility index (Phi) is 4.34. The first-order valence-corrected chi connectivity index (χ1v) is 6.42. The molecule has 2 aromatic rings. The molecule has 4 heteroatoms. The van der Waals surface area contributed by atoms with E-state index >= 15 is 0 Å². The van der Waals surface area contributed by atoms with Gasteiger partial charge in [-0.2, -0.15) is 0 Å². The van der Waals surface area contributed by atoms with Crippen molar-refractivity contribution in [1.29, 1.82) is 0 Å². The number of pyridine rings is 2. The largest absolute Gasteiger partial charge is 0.475 e. The minimum Gasteiger partial charge on any atom is -0.475 e. The summed E-state index contributed by atoms with van der Waals surface area (Å²) < 4.78 is 5.69. The molecule has 0 aromatic carbocycles. The molecular weight excluding hydrogens is 238 g/mol. The van der Waals surface area contributed by atoms with Gasteiger partial charge in [0.25, 0.3) is 0 Å². The number of aromatic nitrogens is 2. The van der Waals surface area contributed by atoms with Gasteiger partial charge in [0.2, 0.25) is 5.88 Å². The van der Waals surface area contributed by atoms with Crippen LogP contribution in [-0.4, -0.2) is 16.1 Å². The van der Waals surface area contributed by atoms with Crippen molar-refractivity contribution in [3.63, 3.8) is 0 Å². The van der Waals surface area contributed by atoms with Gasteiger partial charge in [-0.3, -0.25) is 0 Å². The second-order valence-corrected chi connectivity index (χ2v) is 4.71. The fraction of sp³-hybridized carbons (Fsp3) is 0.333. The summed E-state index contributed by atoms with van der Waals surface area (Å²) in [4.78, 5) is 8.54. The minimum atomic E-state index is 0.116. The average molecular weight is 257 g/mol. The van der Waals surface area contributed by atoms with Crippen molar-refractivity contribution >= 4 is 5.82 Å². The van der Waals surface area contributed by atoms with Crippen LogP contribution in [0.1, 0.15) is 25.0 Å². The molecule has 100 valence electrons. The Hall–Kier alpha value is -2.10. The van der Waals surface area contributed by atoms with Crippen molar-refractivity contribution in [2.24, 2.45) is 0 Å². The Balaban J connectivity index is 2.07. The Labute approximate surface area is 113 Å². The van der Waals surface area contributed by atoms with Gasteiger partial charge in [-0.1, -0.05) is 6.07 Å². The van der Waals surface area contributed by atoms with Gasteiger partial charge in [0.05, 0.1) is 6.10 Å². The molecule has 0 fully saturated rings. The maximum Gasteiger partial charge on any atom is 0.218 e. The normalized spacial score (nSPS) is 10.5. The van der Waals surface area contributed by atoms with Crippen molar-refractivity contribution in [1.82, 2.24) is 9.97 Å². The number of rotatable bonds is 5. The van der Waals surface area contributed by atoms with Gasteiger partial charge >= 0.3 is 0 Å². The van der Waals surface area contributed by atoms with E-state index in [-0.39, 0.29) is 6.10 Å². The summed E-state index contributed by atoms with van der Waals surface area (Å²) in [5.74, 6) is 1.54. The molecule has 0 saturated heterocycles. The van der Waals surface area contributed by atoms with Gasteiger partial charge < -0.3 is 10.1 Å². The van der Waals surface area contributed by atoms with E-state index in [2.05, 4.69) is 15.3 Å². The van der Waals surface area contributed by atoms with Crippen LogP contribution in [0.25, 0.3) is 0 Å². The number of nitrogens with one attached hydrogen (secondary N) is 1. The summed E-state index contributed by atoms with van der Waals surface area (Å²) in [6.45, 7) is 6.68. The van der Waals surface area contributed by atoms with E-state index in [1.165, 1.54) is 5.56 Å². The summed E-state index contributed by atoms with van der Waals surface area (Å²) in [5.41, 5.74) is 2.21. The van der Waals surface area contributed by atoms with Gasteiger partial charge in [0.1, 0.15) is 5.82 Å². The quantitative estimate of drug-likeness (QED) is 0.893. The molecule has 0 spiro atoms. The fourth-order valence-electron chi connectivity index (χ4n) is 1.71. The lowest BCUT2D eigenvalue weighted by molar-refractivity contribution is 0.230. The third-order valence-corrected chi connectivity index (χ3v) is 2.57. The summed E-state index contributed by atoms with van der Waals surface area (Å²) >= 11 is 0. The van der Waals surface area contributed by atoms with Crippen molar-refractivity contribution in [2.45, 2.75) is 33.4 Å². The van der Waals surface area contributed by atoms with Crippen molar-refractivity contribution in [3.8, 4) is 5.88 Å². The predicted molar refractivity (Wildman–Crippen MR) is 76.3 cm³/mol. The zero-order valence-electron chi connectivity index (χ0n) is 11.6. The Morgan fingerprint density at radius 2 is 2.05 bits per heavy atom. The van der Waals surface area contributed by atoms with Crippen LogP contribution in [0.2, 0.25) is 0 Å². The molecule has 2 heterocycles. The lowest BCUT2D eigenvalue weighted by Gasteiger charge is -2.13. The van der Waals surface area contributed by atoms with Crippen LogP contribution < -0.4 is 10.1 Å². The molecule has 2 aromatic heterocycles. The Morgan fingerprint density at radius 1 is 1.21 bits per heavy atom. The standard InChI is InChI=1S/C15H19N3O/c1-11(2)19-15-13(5-4-7-17-15)10-18-14-9-12(3)6-8-16-14/h4-9,11H,10H2,1-3H3,(H,16,18). The highest BCUT2D eigenvalue weighted by molar-refractivity contribution is 5.39. The molecule has 0 amide bonds. The first-order valence-electron chi connectivity index (χ1n) is 6.42. The second-order valence-electron chi connectivity index (χ2n) is 4.71. The lowest BCUT2D eigenvalue weighted by atomic mass is 10.2. The van der Waals surface area contributed by atoms with Crippen LogP contribution in [0.4, 0.5) is 5.82 Å². The zero-order valence-corrected chi connectivity index (χ0v) is 11.6. The molecule has 2 rings (SSSR count). The summed E-state index contributed by atoms with van der Waals surface area (Å²) in [7, 11) is 0. The fourth-order valence-corrected chi connectivity index (χ4v) is 1.71. The number of nitrogens with zero attached hydrogens (tertiary/aromatic N) is 2. The number of ether oxygens (including phenoxy) is 1. The van der Waals surface area contributed by atoms with E-state index in [0.29, 0.717) is 12.4 Å². The van der Waals surface area contributed by atoms with Crippen LogP contribution in [0.3, 0.4) is 0 Å². The van der Waals surface area contributed by atoms with Crippen LogP contribution in [-0.2, 0) is 6.54 Å². The molecule has 0 unspecified atom stereocenters. The Bertz CT molecular complexity index is 540. The van der Waals surface area contributed by atoms with Crippen LogP contribution in [0.15, 0.2) is 36.7 Å². The third-order valence-electron chi connectivity index (χ3n) is 2.57. The van der Waals surface area contributed by atoms with E-state index in [0.717, 1.165) is 11.4 Å². The summed E-state index contributed by atoms with van der Waals surface area (Å²) in [5, 5.41) is 3.28. The van der Waals surface area contributed by atoms with E-state index < -0.39 is 0 Å². The van der Waals surface area contributed by atoms with E-state index in [9.17, 15) is 0 Å². The molecule has 1 N–H and O–H groups in total. The maximum atomic E-state index is 5.69. The molecular formula is C15H19N3O. The molecule has 0 aliphatic carbocycles. The molecule has 0 aliphatic heterocycles. The van der Waals surface area contributed by atoms with Gasteiger partial charge in [0, 0.05) is 24.5 Å². The predicted octanol–water partition coefficient (Wildman–Crippen LogP) is 3.18. The summed E-state index contributed by atoms with van der Waals surface area (Å²) in [6, 6.07) is 7.91. The van der Waals surface area contributed by atoms with Gasteiger partial charge in [0.15, 0.2) is 0 Å². The monoisotopic (exact) mass is 257 g/mol. The molecule has 4 nitrogen and oxygen atoms in total. The average Bonchev–Trinajstić information content (AvgIpc) is 2.37. The molecule has 0 radical (unpaired) electrons. The van der Waals surface area contributed by atoms with Crippen molar-refractivity contribution < 1.29 is 4.74 Å². The first-order chi connectivity index (χ1) is 9.15. The molecule has 0 saturated carbocycles. The maximum absolute atomic E-state index is 5.69. The van der Waals surface area contributed by atoms with E-state index in [1.807, 2.05) is 45.0 Å². The van der Waals surface area contributed by atoms with Crippen LogP contribution in [0.5, 0.6) is 5.88 Å². The molecule has 0 atom stereocenters. The smallest absolute Gasteiger partial charge is 0.218 e. The van der Waals surface area contributed by atoms with E-state index in [1.54, 1.807) is 12.4 Å². The van der Waals surface area contributed by atoms with Crippen LogP contribution in [0, 0.1) is 6.92 Å². The zero-order chi connectivity index (χ0) is 13.7. The highest BCUT2D eigenvalue weighted by Crippen LogP contribution is 2.17. The van der Waals surface area contributed by atoms with E-state index in [4.69, 9.17) is 4.74 Å². The second kappa shape index (κ2) is 6.18. The SMILES string of the molecule is Cc1ccnc(NCc2cccnc2OC(C)C)c1. The number of hydrogen-bond donors (Lipinski definition) is 1. The van der Waals surface area contributed by atoms with Crippen LogP contribution >= 0.6 is 0 Å². The molecule has 0 bridgehead atoms. The Morgan fingerprint density at radius 3 is 2.79 bits per heavy atom. The number of hydrogen-bond acceptors (Lipinski definition) is 4. The highest BCUT2D eigenvalue weighted by atomic mass is 16.5. The van der Waals surface area contributed by atoms with Crippen molar-refractivity contribution in [2.75, 3.05) is 5.32 Å². The van der Waals surface area contributed by atoms with Gasteiger partial charge in [-0.05, 0) is 44.5 Å². The lowest BCUT2D eigenvalue weighted by Crippen LogP contribution is -2.11. The molecule has 0 aliphatic rings. The number of aryl methyl sites for hydroxylation is 1. The summed E-state index contributed by atoms with van der Waals surface area (Å²) in [6.07, 6.45) is 3.66. The first kappa shape index (κ1) is 13.3. The minimum absolute atomic E-state index is 0.116. The van der Waals surface area contributed by atoms with Gasteiger partial charge in [-0.15, -0.1) is 0 Å².